The molecule has 2 aliphatic rings. The fourth-order valence-electron chi connectivity index (χ4n) is 4.25. The first kappa shape index (κ1) is 18.3. The van der Waals surface area contributed by atoms with Gasteiger partial charge < -0.3 is 5.32 Å². The molecule has 0 atom stereocenters. The van der Waals surface area contributed by atoms with Crippen LogP contribution in [0.15, 0.2) is 35.7 Å². The zero-order valence-corrected chi connectivity index (χ0v) is 16.7. The van der Waals surface area contributed by atoms with Crippen molar-refractivity contribution in [2.75, 3.05) is 5.32 Å². The van der Waals surface area contributed by atoms with E-state index >= 15 is 0 Å². The predicted octanol–water partition coefficient (Wildman–Crippen LogP) is 2.40. The van der Waals surface area contributed by atoms with Crippen molar-refractivity contribution in [3.8, 4) is 0 Å². The molecule has 5 rings (SSSR count). The van der Waals surface area contributed by atoms with E-state index in [2.05, 4.69) is 36.3 Å². The number of pyridine rings is 1. The van der Waals surface area contributed by atoms with Crippen LogP contribution in [0.4, 0.5) is 11.6 Å². The quantitative estimate of drug-likeness (QED) is 0.575. The van der Waals surface area contributed by atoms with Gasteiger partial charge in [0.25, 0.3) is 15.2 Å². The van der Waals surface area contributed by atoms with Crippen LogP contribution in [0.1, 0.15) is 40.7 Å². The number of nitrogens with zero attached hydrogens (tertiary/aromatic N) is 3. The predicted molar refractivity (Wildman–Crippen MR) is 108 cm³/mol. The molecule has 29 heavy (non-hydrogen) atoms. The van der Waals surface area contributed by atoms with E-state index in [0.29, 0.717) is 0 Å². The molecule has 150 valence electrons. The maximum atomic E-state index is 12.6. The van der Waals surface area contributed by atoms with Crippen LogP contribution in [0, 0.1) is 0 Å². The smallest absolute Gasteiger partial charge is 0.276 e. The lowest BCUT2D eigenvalue weighted by Gasteiger charge is -2.15. The van der Waals surface area contributed by atoms with Crippen LogP contribution >= 0.6 is 0 Å². The molecule has 8 nitrogen and oxygen atoms in total. The SMILES string of the molecule is O=S(=O)(NCc1ccncc1)c1nc(Nc2c3c(cc4c2CCC4)CCC3)n[nH]1. The number of sulfonamides is 1. The topological polar surface area (TPSA) is 113 Å². The Morgan fingerprint density at radius 1 is 1.00 bits per heavy atom. The van der Waals surface area contributed by atoms with Gasteiger partial charge >= 0.3 is 0 Å². The molecule has 2 aliphatic carbocycles. The average molecular weight is 411 g/mol. The number of H-pyrrole nitrogens is 1. The highest BCUT2D eigenvalue weighted by Gasteiger charge is 2.25. The van der Waals surface area contributed by atoms with Gasteiger partial charge in [-0.1, -0.05) is 6.07 Å². The number of hydrogen-bond donors (Lipinski definition) is 3. The summed E-state index contributed by atoms with van der Waals surface area (Å²) >= 11 is 0. The van der Waals surface area contributed by atoms with Gasteiger partial charge in [-0.2, -0.15) is 4.98 Å². The van der Waals surface area contributed by atoms with Crippen LogP contribution in [-0.2, 0) is 42.3 Å². The molecule has 0 bridgehead atoms. The normalized spacial score (nSPS) is 15.3. The van der Waals surface area contributed by atoms with E-state index in [9.17, 15) is 8.42 Å². The number of aromatic nitrogens is 4. The van der Waals surface area contributed by atoms with Gasteiger partial charge in [0.2, 0.25) is 5.95 Å². The second kappa shape index (κ2) is 7.23. The molecule has 1 aromatic carbocycles. The highest BCUT2D eigenvalue weighted by Crippen LogP contribution is 2.39. The number of nitrogens with one attached hydrogen (secondary N) is 3. The van der Waals surface area contributed by atoms with Crippen LogP contribution in [0.3, 0.4) is 0 Å². The van der Waals surface area contributed by atoms with Crippen molar-refractivity contribution in [2.45, 2.75) is 50.2 Å². The van der Waals surface area contributed by atoms with Crippen molar-refractivity contribution in [1.82, 2.24) is 24.9 Å². The summed E-state index contributed by atoms with van der Waals surface area (Å²) < 4.78 is 27.6. The van der Waals surface area contributed by atoms with Crippen LogP contribution < -0.4 is 10.0 Å². The monoisotopic (exact) mass is 410 g/mol. The first-order valence-corrected chi connectivity index (χ1v) is 11.3. The number of aryl methyl sites for hydroxylation is 2. The molecule has 0 aliphatic heterocycles. The average Bonchev–Trinajstić information content (AvgIpc) is 3.47. The lowest BCUT2D eigenvalue weighted by Crippen LogP contribution is -2.24. The van der Waals surface area contributed by atoms with E-state index in [-0.39, 0.29) is 17.6 Å². The Hall–Kier alpha value is -2.78. The summed E-state index contributed by atoms with van der Waals surface area (Å²) in [5.41, 5.74) is 7.36. The summed E-state index contributed by atoms with van der Waals surface area (Å²) in [4.78, 5) is 8.13. The van der Waals surface area contributed by atoms with Crippen LogP contribution in [0.25, 0.3) is 0 Å². The molecule has 0 amide bonds. The van der Waals surface area contributed by atoms with Crippen molar-refractivity contribution in [2.24, 2.45) is 0 Å². The van der Waals surface area contributed by atoms with Gasteiger partial charge in [-0.25, -0.2) is 18.2 Å². The van der Waals surface area contributed by atoms with Gasteiger partial charge in [-0.05, 0) is 78.5 Å². The second-order valence-corrected chi connectivity index (χ2v) is 9.19. The van der Waals surface area contributed by atoms with E-state index in [1.807, 2.05) is 0 Å². The zero-order chi connectivity index (χ0) is 19.8. The third kappa shape index (κ3) is 3.51. The maximum Gasteiger partial charge on any atom is 0.276 e. The number of benzene rings is 1. The lowest BCUT2D eigenvalue weighted by atomic mass is 9.99. The standard InChI is InChI=1S/C20H22N6O2S/c27-29(28,22-12-13-7-9-21-10-8-13)20-24-19(25-26-20)23-18-16-5-1-3-14(16)11-15-4-2-6-17(15)18/h7-11,22H,1-6,12H2,(H2,23,24,25,26). The number of rotatable bonds is 6. The highest BCUT2D eigenvalue weighted by molar-refractivity contribution is 7.89. The molecular formula is C20H22N6O2S. The summed E-state index contributed by atoms with van der Waals surface area (Å²) in [5.74, 6) is 0.281. The number of anilines is 2. The van der Waals surface area contributed by atoms with Crippen molar-refractivity contribution < 1.29 is 8.42 Å². The van der Waals surface area contributed by atoms with Crippen molar-refractivity contribution >= 4 is 21.7 Å². The molecule has 0 unspecified atom stereocenters. The van der Waals surface area contributed by atoms with Gasteiger partial charge in [0.05, 0.1) is 0 Å². The minimum atomic E-state index is -3.79. The fraction of sp³-hybridized carbons (Fsp3) is 0.350. The Bertz CT molecular complexity index is 1120. The lowest BCUT2D eigenvalue weighted by molar-refractivity contribution is 0.572. The van der Waals surface area contributed by atoms with Crippen LogP contribution in [0.2, 0.25) is 0 Å². The van der Waals surface area contributed by atoms with Gasteiger partial charge in [0.15, 0.2) is 0 Å². The van der Waals surface area contributed by atoms with Crippen LogP contribution in [-0.4, -0.2) is 28.6 Å². The Balaban J connectivity index is 1.38. The summed E-state index contributed by atoms with van der Waals surface area (Å²) in [6.45, 7) is 0.161. The van der Waals surface area contributed by atoms with Crippen molar-refractivity contribution in [3.63, 3.8) is 0 Å². The molecule has 3 N–H and O–H groups in total. The first-order valence-electron chi connectivity index (χ1n) is 9.85. The molecule has 2 heterocycles. The Morgan fingerprint density at radius 3 is 2.38 bits per heavy atom. The fourth-order valence-corrected chi connectivity index (χ4v) is 5.12. The Labute approximate surface area is 169 Å². The molecule has 3 aromatic rings. The van der Waals surface area contributed by atoms with Gasteiger partial charge in [0, 0.05) is 24.6 Å². The first-order chi connectivity index (χ1) is 14.1. The molecule has 2 aromatic heterocycles. The molecule has 0 radical (unpaired) electrons. The van der Waals surface area contributed by atoms with Gasteiger partial charge in [-0.3, -0.25) is 4.98 Å². The minimum absolute atomic E-state index is 0.161. The molecule has 0 fully saturated rings. The molecule has 0 spiro atoms. The Morgan fingerprint density at radius 2 is 1.69 bits per heavy atom. The van der Waals surface area contributed by atoms with Crippen LogP contribution in [0.5, 0.6) is 0 Å². The summed E-state index contributed by atoms with van der Waals surface area (Å²) in [5, 5.41) is 9.78. The van der Waals surface area contributed by atoms with Gasteiger partial charge in [-0.15, -0.1) is 5.10 Å². The van der Waals surface area contributed by atoms with E-state index in [4.69, 9.17) is 0 Å². The Kier molecular flexibility index (Phi) is 4.56. The number of aromatic amines is 1. The zero-order valence-electron chi connectivity index (χ0n) is 15.9. The second-order valence-electron chi connectivity index (χ2n) is 7.50. The van der Waals surface area contributed by atoms with Crippen molar-refractivity contribution in [1.29, 1.82) is 0 Å². The molecule has 0 saturated heterocycles. The van der Waals surface area contributed by atoms with Crippen molar-refractivity contribution in [3.05, 3.63) is 58.4 Å². The maximum absolute atomic E-state index is 12.6. The largest absolute Gasteiger partial charge is 0.322 e. The number of hydrogen-bond acceptors (Lipinski definition) is 6. The van der Waals surface area contributed by atoms with E-state index in [1.165, 1.54) is 22.3 Å². The van der Waals surface area contributed by atoms with E-state index in [0.717, 1.165) is 49.8 Å². The molecule has 9 heteroatoms. The third-order valence-corrected chi connectivity index (χ3v) is 6.86. The highest BCUT2D eigenvalue weighted by atomic mass is 32.2. The summed E-state index contributed by atoms with van der Waals surface area (Å²) in [6.07, 6.45) is 9.82. The molecule has 0 saturated carbocycles. The molecular weight excluding hydrogens is 388 g/mol. The van der Waals surface area contributed by atoms with E-state index in [1.54, 1.807) is 24.5 Å². The van der Waals surface area contributed by atoms with Gasteiger partial charge in [0.1, 0.15) is 0 Å². The minimum Gasteiger partial charge on any atom is -0.322 e. The number of fused-ring (bicyclic) bond motifs is 2. The van der Waals surface area contributed by atoms with E-state index < -0.39 is 10.0 Å². The summed E-state index contributed by atoms with van der Waals surface area (Å²) in [7, 11) is -3.79. The third-order valence-electron chi connectivity index (χ3n) is 5.64. The summed E-state index contributed by atoms with van der Waals surface area (Å²) in [6, 6.07) is 5.87.